The summed E-state index contributed by atoms with van der Waals surface area (Å²) < 4.78 is 24.4. The van der Waals surface area contributed by atoms with Crippen molar-refractivity contribution in [2.24, 2.45) is 45.3 Å². The van der Waals surface area contributed by atoms with Gasteiger partial charge in [-0.3, -0.25) is 0 Å². The second-order valence-corrected chi connectivity index (χ2v) is 20.1. The van der Waals surface area contributed by atoms with Crippen LogP contribution < -0.4 is 0 Å². The molecule has 4 saturated carbocycles. The normalized spacial score (nSPS) is 52.0. The van der Waals surface area contributed by atoms with Crippen molar-refractivity contribution in [1.82, 2.24) is 0 Å². The molecule has 6 fully saturated rings. The summed E-state index contributed by atoms with van der Waals surface area (Å²) in [5, 5.41) is 97.4. The second kappa shape index (κ2) is 15.7. The third kappa shape index (κ3) is 7.20. The third-order valence-electron chi connectivity index (χ3n) is 16.6. The zero-order valence-corrected chi connectivity index (χ0v) is 34.3. The monoisotopic (exact) mass is 784 g/mol. The molecule has 0 spiro atoms. The van der Waals surface area contributed by atoms with Crippen molar-refractivity contribution in [1.29, 1.82) is 0 Å². The number of ether oxygens (including phenoxy) is 4. The first-order valence-electron chi connectivity index (χ1n) is 20.9. The highest BCUT2D eigenvalue weighted by atomic mass is 16.8. The van der Waals surface area contributed by atoms with E-state index in [-0.39, 0.29) is 39.9 Å². The molecule has 0 aromatic carbocycles. The Morgan fingerprint density at radius 1 is 0.727 bits per heavy atom. The Morgan fingerprint density at radius 3 is 1.95 bits per heavy atom. The van der Waals surface area contributed by atoms with Crippen LogP contribution in [0.1, 0.15) is 113 Å². The van der Waals surface area contributed by atoms with Gasteiger partial charge in [0.1, 0.15) is 48.8 Å². The Bertz CT molecular complexity index is 1370. The zero-order chi connectivity index (χ0) is 40.6. The molecular weight excluding hydrogens is 712 g/mol. The lowest BCUT2D eigenvalue weighted by Crippen LogP contribution is -2.68. The van der Waals surface area contributed by atoms with Gasteiger partial charge >= 0.3 is 0 Å². The van der Waals surface area contributed by atoms with Crippen molar-refractivity contribution in [3.05, 3.63) is 11.6 Å². The molecule has 6 aliphatic rings. The zero-order valence-electron chi connectivity index (χ0n) is 34.3. The molecule has 2 unspecified atom stereocenters. The average molecular weight is 785 g/mol. The summed E-state index contributed by atoms with van der Waals surface area (Å²) >= 11 is 0. The van der Waals surface area contributed by atoms with Crippen LogP contribution in [0.2, 0.25) is 0 Å². The number of aliphatic hydroxyl groups excluding tert-OH is 8. The molecule has 4 aliphatic carbocycles. The van der Waals surface area contributed by atoms with E-state index in [4.69, 9.17) is 18.9 Å². The van der Waals surface area contributed by atoms with Crippen LogP contribution in [0.15, 0.2) is 11.6 Å². The Balaban J connectivity index is 1.23. The van der Waals surface area contributed by atoms with E-state index in [1.165, 1.54) is 5.57 Å². The minimum atomic E-state index is -1.75. The van der Waals surface area contributed by atoms with E-state index in [9.17, 15) is 46.0 Å². The van der Waals surface area contributed by atoms with Gasteiger partial charge < -0.3 is 64.9 Å². The van der Waals surface area contributed by atoms with E-state index in [0.29, 0.717) is 19.3 Å². The highest BCUT2D eigenvalue weighted by molar-refractivity contribution is 5.20. The van der Waals surface area contributed by atoms with Gasteiger partial charge in [0.05, 0.1) is 31.0 Å². The molecule has 0 aromatic rings. The first-order valence-corrected chi connectivity index (χ1v) is 20.9. The van der Waals surface area contributed by atoms with Crippen molar-refractivity contribution >= 4 is 0 Å². The van der Waals surface area contributed by atoms with Crippen LogP contribution in [0.4, 0.5) is 0 Å². The van der Waals surface area contributed by atoms with Crippen LogP contribution in [0.3, 0.4) is 0 Å². The van der Waals surface area contributed by atoms with Gasteiger partial charge in [-0.25, -0.2) is 0 Å². The number of allylic oxidation sites excluding steroid dienone is 2. The molecule has 2 aliphatic heterocycles. The van der Waals surface area contributed by atoms with Gasteiger partial charge in [-0.1, -0.05) is 46.3 Å². The molecule has 0 bridgehead atoms. The number of fused-ring (bicyclic) bond motifs is 5. The maximum absolute atomic E-state index is 12.2. The van der Waals surface area contributed by atoms with Crippen LogP contribution in [-0.2, 0) is 18.9 Å². The van der Waals surface area contributed by atoms with E-state index in [0.717, 1.165) is 38.5 Å². The van der Waals surface area contributed by atoms with Crippen LogP contribution >= 0.6 is 0 Å². The van der Waals surface area contributed by atoms with E-state index >= 15 is 0 Å². The van der Waals surface area contributed by atoms with Crippen LogP contribution in [0, 0.1) is 45.3 Å². The molecule has 9 N–H and O–H groups in total. The van der Waals surface area contributed by atoms with E-state index in [1.54, 1.807) is 0 Å². The Kier molecular flexibility index (Phi) is 12.5. The molecule has 13 heteroatoms. The van der Waals surface area contributed by atoms with Crippen LogP contribution in [-0.4, -0.2) is 138 Å². The first-order chi connectivity index (χ1) is 25.6. The van der Waals surface area contributed by atoms with Crippen LogP contribution in [0.5, 0.6) is 0 Å². The highest BCUT2D eigenvalue weighted by Crippen LogP contribution is 2.76. The fraction of sp³-hybridized carbons (Fsp3) is 0.952. The predicted molar refractivity (Wildman–Crippen MR) is 201 cm³/mol. The minimum absolute atomic E-state index is 0.00798. The standard InChI is InChI=1S/C42H72O13/c1-21(2)10-9-14-42(8,51)22-11-16-41(7)29(22)23(45)18-27-39(5)15-13-28(38(3,4)26(39)12-17-40(27,41)6)54-37-35(33(49)31(47)25(20-44)53-37)55-36-34(50)32(48)30(46)24(19-43)52-36/h10,22-37,43-51H,9,11-20H2,1-8H3/t22-,23+,24+,25+,26?,27?,28-,29+,30+,31+,32-,33-,34+,35+,36-,37-,39-,40+,41-,42-/m0/s1. The summed E-state index contributed by atoms with van der Waals surface area (Å²) in [6, 6.07) is 0. The van der Waals surface area contributed by atoms with E-state index < -0.39 is 97.8 Å². The summed E-state index contributed by atoms with van der Waals surface area (Å²) in [5.41, 5.74) is -0.405. The van der Waals surface area contributed by atoms with Crippen LogP contribution in [0.25, 0.3) is 0 Å². The van der Waals surface area contributed by atoms with Gasteiger partial charge in [0.15, 0.2) is 12.6 Å². The Morgan fingerprint density at radius 2 is 1.33 bits per heavy atom. The number of rotatable bonds is 10. The number of hydrogen-bond acceptors (Lipinski definition) is 13. The molecule has 0 aromatic heterocycles. The lowest BCUT2D eigenvalue weighted by Gasteiger charge is -2.70. The molecule has 0 amide bonds. The van der Waals surface area contributed by atoms with Gasteiger partial charge in [-0.05, 0) is 124 Å². The fourth-order valence-corrected chi connectivity index (χ4v) is 13.3. The quantitative estimate of drug-likeness (QED) is 0.115. The molecule has 2 heterocycles. The van der Waals surface area contributed by atoms with E-state index in [2.05, 4.69) is 54.5 Å². The number of hydrogen-bond donors (Lipinski definition) is 9. The third-order valence-corrected chi connectivity index (χ3v) is 16.6. The van der Waals surface area contributed by atoms with Crippen molar-refractivity contribution in [2.75, 3.05) is 13.2 Å². The second-order valence-electron chi connectivity index (χ2n) is 20.1. The van der Waals surface area contributed by atoms with Gasteiger partial charge in [-0.15, -0.1) is 0 Å². The van der Waals surface area contributed by atoms with Gasteiger partial charge in [0, 0.05) is 0 Å². The van der Waals surface area contributed by atoms with Gasteiger partial charge in [0.25, 0.3) is 0 Å². The minimum Gasteiger partial charge on any atom is -0.394 e. The van der Waals surface area contributed by atoms with Crippen molar-refractivity contribution < 1.29 is 64.9 Å². The number of aliphatic hydroxyl groups is 9. The van der Waals surface area contributed by atoms with E-state index in [1.807, 2.05) is 6.92 Å². The fourth-order valence-electron chi connectivity index (χ4n) is 13.3. The summed E-state index contributed by atoms with van der Waals surface area (Å²) in [6.45, 7) is 16.5. The largest absolute Gasteiger partial charge is 0.394 e. The molecule has 0 radical (unpaired) electrons. The summed E-state index contributed by atoms with van der Waals surface area (Å²) in [6.07, 6.45) is -6.48. The molecule has 6 rings (SSSR count). The molecule has 2 saturated heterocycles. The van der Waals surface area contributed by atoms with Gasteiger partial charge in [-0.2, -0.15) is 0 Å². The molecule has 13 nitrogen and oxygen atoms in total. The SMILES string of the molecule is CC(C)=CCC[C@](C)(O)[C@H]1CC[C@@]2(C)[C@H]1[C@H](O)CC1[C@@]3(C)CC[C@H](O[C@@H]4O[C@H](CO)[C@@H](O)[C@H](O)[C@H]4O[C@@H]4O[C@H](CO)[C@@H](O)[C@H](O)[C@H]4O)C(C)(C)C3CC[C@]12C. The summed E-state index contributed by atoms with van der Waals surface area (Å²) in [5.74, 6) is 0.445. The maximum atomic E-state index is 12.2. The smallest absolute Gasteiger partial charge is 0.187 e. The lowest BCUT2D eigenvalue weighted by atomic mass is 9.35. The molecule has 318 valence electrons. The average Bonchev–Trinajstić information content (AvgIpc) is 3.50. The maximum Gasteiger partial charge on any atom is 0.187 e. The molecule has 20 atom stereocenters. The molecule has 55 heavy (non-hydrogen) atoms. The highest BCUT2D eigenvalue weighted by Gasteiger charge is 2.71. The predicted octanol–water partition coefficient (Wildman–Crippen LogP) is 2.15. The summed E-state index contributed by atoms with van der Waals surface area (Å²) in [7, 11) is 0. The topological polar surface area (TPSA) is 219 Å². The van der Waals surface area contributed by atoms with Crippen molar-refractivity contribution in [3.8, 4) is 0 Å². The van der Waals surface area contributed by atoms with Gasteiger partial charge in [0.2, 0.25) is 0 Å². The van der Waals surface area contributed by atoms with Crippen molar-refractivity contribution in [3.63, 3.8) is 0 Å². The molecular formula is C42H72O13. The lowest BCUT2D eigenvalue weighted by molar-refractivity contribution is -0.378. The summed E-state index contributed by atoms with van der Waals surface area (Å²) in [4.78, 5) is 0. The Labute approximate surface area is 327 Å². The van der Waals surface area contributed by atoms with Crippen molar-refractivity contribution in [2.45, 2.75) is 192 Å². The first kappa shape index (κ1) is 43.8. The Hall–Kier alpha value is -0.780.